The molecule has 0 aromatic heterocycles. The van der Waals surface area contributed by atoms with Gasteiger partial charge in [0.25, 0.3) is 0 Å². The molecule has 0 aliphatic heterocycles. The summed E-state index contributed by atoms with van der Waals surface area (Å²) in [5.41, 5.74) is 0.0855. The van der Waals surface area contributed by atoms with E-state index < -0.39 is 0 Å². The molecule has 92 valence electrons. The van der Waals surface area contributed by atoms with Crippen LogP contribution in [0.15, 0.2) is 0 Å². The highest BCUT2D eigenvalue weighted by Gasteiger charge is 2.13. The third-order valence-corrected chi connectivity index (χ3v) is 3.09. The Hall–Kier alpha value is -0.0400. The van der Waals surface area contributed by atoms with Crippen molar-refractivity contribution in [1.82, 2.24) is 0 Å². The molecule has 0 amide bonds. The smallest absolute Gasteiger partial charge is 0.0623 e. The van der Waals surface area contributed by atoms with Gasteiger partial charge in [0.1, 0.15) is 0 Å². The van der Waals surface area contributed by atoms with E-state index in [4.69, 9.17) is 4.74 Å². The lowest BCUT2D eigenvalue weighted by atomic mass is 10.1. The van der Waals surface area contributed by atoms with E-state index in [9.17, 15) is 0 Å². The molecule has 0 saturated carbocycles. The van der Waals surface area contributed by atoms with Crippen LogP contribution >= 0.6 is 0 Å². The Kier molecular flexibility index (Phi) is 9.18. The molecule has 0 radical (unpaired) electrons. The Bertz CT molecular complexity index is 129. The fourth-order valence-electron chi connectivity index (χ4n) is 1.51. The maximum atomic E-state index is 5.81. The van der Waals surface area contributed by atoms with Gasteiger partial charge < -0.3 is 4.74 Å². The van der Waals surface area contributed by atoms with Crippen LogP contribution in [0.2, 0.25) is 0 Å². The normalized spacial score (nSPS) is 12.0. The summed E-state index contributed by atoms with van der Waals surface area (Å²) < 4.78 is 5.81. The van der Waals surface area contributed by atoms with E-state index in [1.54, 1.807) is 0 Å². The topological polar surface area (TPSA) is 9.23 Å². The van der Waals surface area contributed by atoms with Gasteiger partial charge in [-0.15, -0.1) is 0 Å². The standard InChI is InChI=1S/C14H30O/c1-5-7-8-9-10-11-12-13-15-14(3,4)6-2/h5-13H2,1-4H3. The Morgan fingerprint density at radius 1 is 0.800 bits per heavy atom. The second-order valence-electron chi connectivity index (χ2n) is 5.08. The fourth-order valence-corrected chi connectivity index (χ4v) is 1.51. The number of rotatable bonds is 10. The zero-order valence-electron chi connectivity index (χ0n) is 11.3. The van der Waals surface area contributed by atoms with Gasteiger partial charge in [-0.05, 0) is 26.7 Å². The molecule has 0 bridgehead atoms. The predicted octanol–water partition coefficient (Wildman–Crippen LogP) is 4.94. The van der Waals surface area contributed by atoms with Crippen LogP contribution in [0, 0.1) is 0 Å². The molecule has 0 aromatic carbocycles. The monoisotopic (exact) mass is 214 g/mol. The minimum Gasteiger partial charge on any atom is -0.376 e. The SMILES string of the molecule is CCCCCCCCCOC(C)(C)CC. The zero-order valence-corrected chi connectivity index (χ0v) is 11.3. The first-order valence-electron chi connectivity index (χ1n) is 6.76. The van der Waals surface area contributed by atoms with Crippen LogP contribution < -0.4 is 0 Å². The third-order valence-electron chi connectivity index (χ3n) is 3.09. The van der Waals surface area contributed by atoms with E-state index in [2.05, 4.69) is 27.7 Å². The second kappa shape index (κ2) is 9.21. The Morgan fingerprint density at radius 2 is 1.33 bits per heavy atom. The lowest BCUT2D eigenvalue weighted by Gasteiger charge is -2.23. The highest BCUT2D eigenvalue weighted by molar-refractivity contribution is 4.64. The quantitative estimate of drug-likeness (QED) is 0.468. The minimum absolute atomic E-state index is 0.0855. The Morgan fingerprint density at radius 3 is 1.87 bits per heavy atom. The Labute approximate surface area is 96.6 Å². The molecule has 0 rings (SSSR count). The largest absolute Gasteiger partial charge is 0.376 e. The zero-order chi connectivity index (χ0) is 11.6. The van der Waals surface area contributed by atoms with Crippen LogP contribution in [-0.2, 0) is 4.74 Å². The maximum Gasteiger partial charge on any atom is 0.0623 e. The van der Waals surface area contributed by atoms with Gasteiger partial charge in [0.15, 0.2) is 0 Å². The molecule has 0 saturated heterocycles. The van der Waals surface area contributed by atoms with Gasteiger partial charge in [-0.1, -0.05) is 52.4 Å². The summed E-state index contributed by atoms with van der Waals surface area (Å²) in [5.74, 6) is 0. The molecule has 1 nitrogen and oxygen atoms in total. The molecule has 0 atom stereocenters. The van der Waals surface area contributed by atoms with E-state index in [0.717, 1.165) is 13.0 Å². The molecule has 15 heavy (non-hydrogen) atoms. The molecule has 0 aliphatic carbocycles. The second-order valence-corrected chi connectivity index (χ2v) is 5.08. The van der Waals surface area contributed by atoms with Crippen molar-refractivity contribution in [3.63, 3.8) is 0 Å². The van der Waals surface area contributed by atoms with Crippen LogP contribution in [0.25, 0.3) is 0 Å². The summed E-state index contributed by atoms with van der Waals surface area (Å²) in [7, 11) is 0. The molecule has 1 heteroatoms. The van der Waals surface area contributed by atoms with Crippen molar-refractivity contribution >= 4 is 0 Å². The highest BCUT2D eigenvalue weighted by atomic mass is 16.5. The van der Waals surface area contributed by atoms with Crippen molar-refractivity contribution < 1.29 is 4.74 Å². The third kappa shape index (κ3) is 10.2. The van der Waals surface area contributed by atoms with Gasteiger partial charge in [-0.3, -0.25) is 0 Å². The van der Waals surface area contributed by atoms with Gasteiger partial charge in [-0.2, -0.15) is 0 Å². The van der Waals surface area contributed by atoms with Crippen LogP contribution in [0.1, 0.15) is 79.1 Å². The van der Waals surface area contributed by atoms with Crippen molar-refractivity contribution in [2.24, 2.45) is 0 Å². The van der Waals surface area contributed by atoms with E-state index in [0.29, 0.717) is 0 Å². The highest BCUT2D eigenvalue weighted by Crippen LogP contribution is 2.14. The lowest BCUT2D eigenvalue weighted by Crippen LogP contribution is -2.23. The van der Waals surface area contributed by atoms with Crippen LogP contribution in [0.3, 0.4) is 0 Å². The van der Waals surface area contributed by atoms with Crippen LogP contribution in [0.5, 0.6) is 0 Å². The molecule has 0 aliphatic rings. The van der Waals surface area contributed by atoms with Crippen molar-refractivity contribution in [3.05, 3.63) is 0 Å². The van der Waals surface area contributed by atoms with Crippen molar-refractivity contribution in [2.75, 3.05) is 6.61 Å². The van der Waals surface area contributed by atoms with E-state index in [1.807, 2.05) is 0 Å². The first kappa shape index (κ1) is 15.0. The number of hydrogen-bond donors (Lipinski definition) is 0. The van der Waals surface area contributed by atoms with Gasteiger partial charge in [-0.25, -0.2) is 0 Å². The minimum atomic E-state index is 0.0855. The van der Waals surface area contributed by atoms with Crippen LogP contribution in [-0.4, -0.2) is 12.2 Å². The first-order chi connectivity index (χ1) is 7.12. The summed E-state index contributed by atoms with van der Waals surface area (Å²) in [6, 6.07) is 0. The summed E-state index contributed by atoms with van der Waals surface area (Å²) in [6.45, 7) is 9.74. The molecule has 0 N–H and O–H groups in total. The summed E-state index contributed by atoms with van der Waals surface area (Å²) in [5, 5.41) is 0. The van der Waals surface area contributed by atoms with E-state index >= 15 is 0 Å². The van der Waals surface area contributed by atoms with Gasteiger partial charge in [0, 0.05) is 6.61 Å². The van der Waals surface area contributed by atoms with Gasteiger partial charge in [0.05, 0.1) is 5.60 Å². The van der Waals surface area contributed by atoms with E-state index in [-0.39, 0.29) is 5.60 Å². The number of hydrogen-bond acceptors (Lipinski definition) is 1. The average molecular weight is 214 g/mol. The Balaban J connectivity index is 3.11. The molecular formula is C14H30O. The molecule has 0 heterocycles. The molecule has 0 aromatic rings. The lowest BCUT2D eigenvalue weighted by molar-refractivity contribution is -0.0216. The summed E-state index contributed by atoms with van der Waals surface area (Å²) in [6.07, 6.45) is 10.6. The van der Waals surface area contributed by atoms with Crippen molar-refractivity contribution in [2.45, 2.75) is 84.7 Å². The molecule has 0 unspecified atom stereocenters. The maximum absolute atomic E-state index is 5.81. The van der Waals surface area contributed by atoms with Crippen molar-refractivity contribution in [3.8, 4) is 0 Å². The number of unbranched alkanes of at least 4 members (excludes halogenated alkanes) is 6. The summed E-state index contributed by atoms with van der Waals surface area (Å²) in [4.78, 5) is 0. The first-order valence-corrected chi connectivity index (χ1v) is 6.76. The number of ether oxygens (including phenoxy) is 1. The molecule has 0 spiro atoms. The predicted molar refractivity (Wildman–Crippen MR) is 68.3 cm³/mol. The molecule has 0 fully saturated rings. The fraction of sp³-hybridized carbons (Fsp3) is 1.00. The van der Waals surface area contributed by atoms with Crippen LogP contribution in [0.4, 0.5) is 0 Å². The molecular weight excluding hydrogens is 184 g/mol. The van der Waals surface area contributed by atoms with E-state index in [1.165, 1.54) is 44.9 Å². The van der Waals surface area contributed by atoms with Gasteiger partial charge in [0.2, 0.25) is 0 Å². The van der Waals surface area contributed by atoms with Crippen molar-refractivity contribution in [1.29, 1.82) is 0 Å². The summed E-state index contributed by atoms with van der Waals surface area (Å²) >= 11 is 0. The average Bonchev–Trinajstić information content (AvgIpc) is 2.22. The van der Waals surface area contributed by atoms with Gasteiger partial charge >= 0.3 is 0 Å².